The van der Waals surface area contributed by atoms with E-state index in [0.29, 0.717) is 31.2 Å². The van der Waals surface area contributed by atoms with E-state index in [-0.39, 0.29) is 16.4 Å². The van der Waals surface area contributed by atoms with Crippen molar-refractivity contribution in [1.82, 2.24) is 9.21 Å². The van der Waals surface area contributed by atoms with Crippen LogP contribution in [0.5, 0.6) is 0 Å². The lowest BCUT2D eigenvalue weighted by Gasteiger charge is -2.26. The smallest absolute Gasteiger partial charge is 0.255 e. The second-order valence-corrected chi connectivity index (χ2v) is 8.45. The first-order valence-electron chi connectivity index (χ1n) is 8.09. The third-order valence-corrected chi connectivity index (χ3v) is 6.74. The Hall–Kier alpha value is -1.11. The van der Waals surface area contributed by atoms with Gasteiger partial charge in [-0.05, 0) is 43.9 Å². The van der Waals surface area contributed by atoms with Crippen LogP contribution in [0.15, 0.2) is 23.1 Å². The third kappa shape index (κ3) is 3.39. The number of likely N-dealkylation sites (tertiary alicyclic amines) is 1. The van der Waals surface area contributed by atoms with Gasteiger partial charge in [0, 0.05) is 26.2 Å². The highest BCUT2D eigenvalue weighted by Crippen LogP contribution is 2.26. The standard InChI is InChI=1S/C16H21ClN2O3S/c17-15-7-6-13(23(21,22)19-10-2-1-3-11-19)12-14(15)16(20)18-8-4-5-9-18/h6-7,12H,1-5,8-11H2. The van der Waals surface area contributed by atoms with E-state index in [1.165, 1.54) is 22.5 Å². The van der Waals surface area contributed by atoms with Gasteiger partial charge < -0.3 is 4.90 Å². The molecule has 0 atom stereocenters. The molecule has 3 rings (SSSR count). The molecule has 23 heavy (non-hydrogen) atoms. The molecule has 1 aromatic carbocycles. The molecule has 0 radical (unpaired) electrons. The molecule has 2 fully saturated rings. The van der Waals surface area contributed by atoms with Gasteiger partial charge in [-0.1, -0.05) is 18.0 Å². The predicted molar refractivity (Wildman–Crippen MR) is 89.2 cm³/mol. The van der Waals surface area contributed by atoms with Crippen LogP contribution >= 0.6 is 11.6 Å². The van der Waals surface area contributed by atoms with Crippen LogP contribution in [0.1, 0.15) is 42.5 Å². The summed E-state index contributed by atoms with van der Waals surface area (Å²) in [5.74, 6) is -0.178. The van der Waals surface area contributed by atoms with Crippen molar-refractivity contribution in [2.75, 3.05) is 26.2 Å². The number of piperidine rings is 1. The van der Waals surface area contributed by atoms with Gasteiger partial charge in [-0.25, -0.2) is 8.42 Å². The minimum Gasteiger partial charge on any atom is -0.339 e. The molecule has 0 aromatic heterocycles. The summed E-state index contributed by atoms with van der Waals surface area (Å²) in [6.45, 7) is 2.50. The Morgan fingerprint density at radius 1 is 0.957 bits per heavy atom. The first-order valence-corrected chi connectivity index (χ1v) is 9.91. The predicted octanol–water partition coefficient (Wildman–Crippen LogP) is 2.75. The maximum atomic E-state index is 12.8. The molecule has 0 spiro atoms. The topological polar surface area (TPSA) is 57.7 Å². The summed E-state index contributed by atoms with van der Waals surface area (Å²) in [5.41, 5.74) is 0.284. The minimum absolute atomic E-state index is 0.159. The summed E-state index contributed by atoms with van der Waals surface area (Å²) in [6, 6.07) is 4.45. The molecule has 0 unspecified atom stereocenters. The normalized spacial score (nSPS) is 20.0. The van der Waals surface area contributed by atoms with Crippen molar-refractivity contribution in [2.24, 2.45) is 0 Å². The molecule has 7 heteroatoms. The number of nitrogens with zero attached hydrogens (tertiary/aromatic N) is 2. The van der Waals surface area contributed by atoms with E-state index in [4.69, 9.17) is 11.6 Å². The molecule has 1 aromatic rings. The van der Waals surface area contributed by atoms with Gasteiger partial charge in [0.25, 0.3) is 5.91 Å². The average Bonchev–Trinajstić information content (AvgIpc) is 3.10. The molecule has 2 saturated heterocycles. The average molecular weight is 357 g/mol. The largest absolute Gasteiger partial charge is 0.339 e. The van der Waals surface area contributed by atoms with Crippen molar-refractivity contribution < 1.29 is 13.2 Å². The molecular weight excluding hydrogens is 336 g/mol. The molecule has 0 N–H and O–H groups in total. The first kappa shape index (κ1) is 16.7. The highest BCUT2D eigenvalue weighted by molar-refractivity contribution is 7.89. The Bertz CT molecular complexity index is 693. The van der Waals surface area contributed by atoms with Gasteiger partial charge in [-0.3, -0.25) is 4.79 Å². The summed E-state index contributed by atoms with van der Waals surface area (Å²) in [6.07, 6.45) is 4.79. The molecule has 2 aliphatic heterocycles. The molecule has 0 aliphatic carbocycles. The number of halogens is 1. The number of benzene rings is 1. The first-order chi connectivity index (χ1) is 11.0. The monoisotopic (exact) mass is 356 g/mol. The number of rotatable bonds is 3. The van der Waals surface area contributed by atoms with Crippen LogP contribution in [-0.2, 0) is 10.0 Å². The van der Waals surface area contributed by atoms with Crippen LogP contribution in [-0.4, -0.2) is 49.7 Å². The van der Waals surface area contributed by atoms with Gasteiger partial charge in [0.1, 0.15) is 0 Å². The van der Waals surface area contributed by atoms with E-state index in [1.807, 2.05) is 0 Å². The van der Waals surface area contributed by atoms with E-state index in [0.717, 1.165) is 32.1 Å². The number of amides is 1. The van der Waals surface area contributed by atoms with Crippen molar-refractivity contribution in [3.8, 4) is 0 Å². The molecule has 126 valence electrons. The Labute approximate surface area is 142 Å². The van der Waals surface area contributed by atoms with Gasteiger partial charge in [-0.15, -0.1) is 0 Å². The van der Waals surface area contributed by atoms with Crippen LogP contribution < -0.4 is 0 Å². The second kappa shape index (κ2) is 6.79. The fourth-order valence-corrected chi connectivity index (χ4v) is 4.92. The van der Waals surface area contributed by atoms with E-state index in [1.54, 1.807) is 4.90 Å². The lowest BCUT2D eigenvalue weighted by molar-refractivity contribution is 0.0792. The van der Waals surface area contributed by atoms with Crippen LogP contribution in [0, 0.1) is 0 Å². The molecule has 5 nitrogen and oxygen atoms in total. The third-order valence-electron chi connectivity index (χ3n) is 4.51. The Kier molecular flexibility index (Phi) is 4.94. The molecule has 0 bridgehead atoms. The van der Waals surface area contributed by atoms with Crippen LogP contribution in [0.2, 0.25) is 5.02 Å². The summed E-state index contributed by atoms with van der Waals surface area (Å²) in [5, 5.41) is 0.305. The van der Waals surface area contributed by atoms with Gasteiger partial charge in [0.2, 0.25) is 10.0 Å². The van der Waals surface area contributed by atoms with E-state index >= 15 is 0 Å². The van der Waals surface area contributed by atoms with Crippen molar-refractivity contribution in [1.29, 1.82) is 0 Å². The Morgan fingerprint density at radius 3 is 2.22 bits per heavy atom. The number of hydrogen-bond acceptors (Lipinski definition) is 3. The zero-order chi connectivity index (χ0) is 16.4. The molecular formula is C16H21ClN2O3S. The lowest BCUT2D eigenvalue weighted by Crippen LogP contribution is -2.35. The lowest BCUT2D eigenvalue weighted by atomic mass is 10.2. The second-order valence-electron chi connectivity index (χ2n) is 6.11. The highest BCUT2D eigenvalue weighted by Gasteiger charge is 2.28. The van der Waals surface area contributed by atoms with E-state index in [9.17, 15) is 13.2 Å². The van der Waals surface area contributed by atoms with Crippen molar-refractivity contribution in [2.45, 2.75) is 37.0 Å². The quantitative estimate of drug-likeness (QED) is 0.836. The number of carbonyl (C=O) groups excluding carboxylic acids is 1. The number of carbonyl (C=O) groups is 1. The SMILES string of the molecule is O=C(c1cc(S(=O)(=O)N2CCCCC2)ccc1Cl)N1CCCC1. The van der Waals surface area contributed by atoms with Crippen molar-refractivity contribution in [3.05, 3.63) is 28.8 Å². The zero-order valence-corrected chi connectivity index (χ0v) is 14.6. The van der Waals surface area contributed by atoms with Crippen molar-refractivity contribution in [3.63, 3.8) is 0 Å². The number of sulfonamides is 1. The van der Waals surface area contributed by atoms with Gasteiger partial charge in [-0.2, -0.15) is 4.31 Å². The van der Waals surface area contributed by atoms with Crippen LogP contribution in [0.25, 0.3) is 0 Å². The highest BCUT2D eigenvalue weighted by atomic mass is 35.5. The molecule has 2 aliphatic rings. The van der Waals surface area contributed by atoms with Gasteiger partial charge >= 0.3 is 0 Å². The summed E-state index contributed by atoms with van der Waals surface area (Å²) >= 11 is 6.15. The van der Waals surface area contributed by atoms with E-state index < -0.39 is 10.0 Å². The summed E-state index contributed by atoms with van der Waals surface area (Å²) in [7, 11) is -3.55. The minimum atomic E-state index is -3.55. The maximum Gasteiger partial charge on any atom is 0.255 e. The zero-order valence-electron chi connectivity index (χ0n) is 13.0. The van der Waals surface area contributed by atoms with Gasteiger partial charge in [0.05, 0.1) is 15.5 Å². The fraction of sp³-hybridized carbons (Fsp3) is 0.562. The van der Waals surface area contributed by atoms with Crippen LogP contribution in [0.3, 0.4) is 0 Å². The van der Waals surface area contributed by atoms with Gasteiger partial charge in [0.15, 0.2) is 0 Å². The van der Waals surface area contributed by atoms with Crippen LogP contribution in [0.4, 0.5) is 0 Å². The molecule has 0 saturated carbocycles. The Morgan fingerprint density at radius 2 is 1.57 bits per heavy atom. The fourth-order valence-electron chi connectivity index (χ4n) is 3.17. The maximum absolute atomic E-state index is 12.8. The Balaban J connectivity index is 1.91. The summed E-state index contributed by atoms with van der Waals surface area (Å²) in [4.78, 5) is 14.4. The molecule has 1 amide bonds. The number of hydrogen-bond donors (Lipinski definition) is 0. The van der Waals surface area contributed by atoms with E-state index in [2.05, 4.69) is 0 Å². The van der Waals surface area contributed by atoms with Crippen molar-refractivity contribution >= 4 is 27.5 Å². The molecule has 2 heterocycles. The summed E-state index contributed by atoms with van der Waals surface area (Å²) < 4.78 is 27.0.